The summed E-state index contributed by atoms with van der Waals surface area (Å²) in [5.74, 6) is -0.610. The Balaban J connectivity index is 2.10. The molecule has 0 aromatic heterocycles. The summed E-state index contributed by atoms with van der Waals surface area (Å²) in [6, 6.07) is 16.1. The number of nitrogens with one attached hydrogen (secondary N) is 1. The van der Waals surface area contributed by atoms with Crippen LogP contribution in [0.5, 0.6) is 0 Å². The lowest BCUT2D eigenvalue weighted by molar-refractivity contribution is -0.115. The molecule has 0 aliphatic heterocycles. The van der Waals surface area contributed by atoms with Crippen molar-refractivity contribution < 1.29 is 14.3 Å². The van der Waals surface area contributed by atoms with Gasteiger partial charge in [0.15, 0.2) is 0 Å². The highest BCUT2D eigenvalue weighted by Gasteiger charge is 2.13. The van der Waals surface area contributed by atoms with Crippen LogP contribution in [0.2, 0.25) is 0 Å². The maximum absolute atomic E-state index is 12.0. The molecule has 0 heterocycles. The van der Waals surface area contributed by atoms with Crippen molar-refractivity contribution >= 4 is 17.6 Å². The molecule has 0 aliphatic rings. The minimum atomic E-state index is -0.437. The number of amides is 1. The molecule has 0 saturated heterocycles. The van der Waals surface area contributed by atoms with Crippen molar-refractivity contribution in [1.29, 1.82) is 0 Å². The number of ether oxygens (including phenoxy) is 1. The van der Waals surface area contributed by atoms with Gasteiger partial charge in [-0.2, -0.15) is 0 Å². The molecule has 0 saturated carbocycles. The summed E-state index contributed by atoms with van der Waals surface area (Å²) in [4.78, 5) is 23.6. The first kappa shape index (κ1) is 13.8. The number of hydrogen-bond acceptors (Lipinski definition) is 3. The molecule has 1 amide bonds. The molecular weight excluding hydrogens is 254 g/mol. The smallest absolute Gasteiger partial charge is 0.338 e. The van der Waals surface area contributed by atoms with Crippen molar-refractivity contribution in [2.75, 3.05) is 12.4 Å². The van der Waals surface area contributed by atoms with Crippen molar-refractivity contribution in [3.05, 3.63) is 65.7 Å². The lowest BCUT2D eigenvalue weighted by Gasteiger charge is -2.08. The van der Waals surface area contributed by atoms with Crippen LogP contribution in [0.1, 0.15) is 15.9 Å². The van der Waals surface area contributed by atoms with Crippen LogP contribution >= 0.6 is 0 Å². The standard InChI is InChI=1S/C16H15NO3/c1-20-16(19)14-10-6-5-7-12(14)11-15(18)17-13-8-3-2-4-9-13/h2-10H,11H2,1H3,(H,17,18). The third-order valence-corrected chi connectivity index (χ3v) is 2.83. The molecule has 4 nitrogen and oxygen atoms in total. The van der Waals surface area contributed by atoms with E-state index in [0.29, 0.717) is 11.1 Å². The molecule has 2 rings (SSSR count). The Kier molecular flexibility index (Phi) is 4.50. The quantitative estimate of drug-likeness (QED) is 0.868. The number of carbonyl (C=O) groups excluding carboxylic acids is 2. The lowest BCUT2D eigenvalue weighted by atomic mass is 10.0. The predicted octanol–water partition coefficient (Wildman–Crippen LogP) is 2.65. The molecule has 0 atom stereocenters. The molecule has 0 radical (unpaired) electrons. The fourth-order valence-electron chi connectivity index (χ4n) is 1.88. The molecule has 0 aliphatic carbocycles. The van der Waals surface area contributed by atoms with Crippen LogP contribution in [0.25, 0.3) is 0 Å². The maximum atomic E-state index is 12.0. The van der Waals surface area contributed by atoms with E-state index in [9.17, 15) is 9.59 Å². The predicted molar refractivity (Wildman–Crippen MR) is 76.6 cm³/mol. The molecule has 102 valence electrons. The number of methoxy groups -OCH3 is 1. The first-order valence-corrected chi connectivity index (χ1v) is 6.22. The second-order valence-electron chi connectivity index (χ2n) is 4.24. The van der Waals surface area contributed by atoms with E-state index in [2.05, 4.69) is 5.32 Å². The highest BCUT2D eigenvalue weighted by Crippen LogP contribution is 2.12. The Hall–Kier alpha value is -2.62. The molecule has 0 bridgehead atoms. The number of esters is 1. The van der Waals surface area contributed by atoms with Gasteiger partial charge in [-0.25, -0.2) is 4.79 Å². The summed E-state index contributed by atoms with van der Waals surface area (Å²) < 4.78 is 4.71. The summed E-state index contributed by atoms with van der Waals surface area (Å²) >= 11 is 0. The first-order valence-electron chi connectivity index (χ1n) is 6.22. The number of hydrogen-bond donors (Lipinski definition) is 1. The average Bonchev–Trinajstić information content (AvgIpc) is 2.48. The summed E-state index contributed by atoms with van der Waals surface area (Å²) in [6.45, 7) is 0. The second-order valence-corrected chi connectivity index (χ2v) is 4.24. The van der Waals surface area contributed by atoms with Gasteiger partial charge in [0.2, 0.25) is 5.91 Å². The van der Waals surface area contributed by atoms with E-state index in [1.807, 2.05) is 30.3 Å². The van der Waals surface area contributed by atoms with Gasteiger partial charge in [-0.15, -0.1) is 0 Å². The van der Waals surface area contributed by atoms with Crippen molar-refractivity contribution in [3.8, 4) is 0 Å². The first-order chi connectivity index (χ1) is 9.70. The summed E-state index contributed by atoms with van der Waals surface area (Å²) in [6.07, 6.45) is 0.125. The maximum Gasteiger partial charge on any atom is 0.338 e. The molecule has 2 aromatic rings. The fraction of sp³-hybridized carbons (Fsp3) is 0.125. The minimum Gasteiger partial charge on any atom is -0.465 e. The number of benzene rings is 2. The van der Waals surface area contributed by atoms with E-state index < -0.39 is 5.97 Å². The van der Waals surface area contributed by atoms with Gasteiger partial charge in [-0.3, -0.25) is 4.79 Å². The van der Waals surface area contributed by atoms with Crippen molar-refractivity contribution in [2.24, 2.45) is 0 Å². The normalized spacial score (nSPS) is 9.85. The van der Waals surface area contributed by atoms with Crippen LogP contribution in [-0.2, 0) is 16.0 Å². The van der Waals surface area contributed by atoms with Gasteiger partial charge < -0.3 is 10.1 Å². The zero-order chi connectivity index (χ0) is 14.4. The molecule has 20 heavy (non-hydrogen) atoms. The van der Waals surface area contributed by atoms with Gasteiger partial charge in [-0.1, -0.05) is 36.4 Å². The Morgan fingerprint density at radius 2 is 1.65 bits per heavy atom. The van der Waals surface area contributed by atoms with Crippen LogP contribution < -0.4 is 5.32 Å². The van der Waals surface area contributed by atoms with E-state index in [4.69, 9.17) is 4.74 Å². The Morgan fingerprint density at radius 3 is 2.35 bits per heavy atom. The number of carbonyl (C=O) groups is 2. The summed E-state index contributed by atoms with van der Waals surface area (Å²) in [5.41, 5.74) is 1.79. The molecule has 4 heteroatoms. The zero-order valence-electron chi connectivity index (χ0n) is 11.1. The molecular formula is C16H15NO3. The average molecular weight is 269 g/mol. The van der Waals surface area contributed by atoms with Crippen molar-refractivity contribution in [1.82, 2.24) is 0 Å². The fourth-order valence-corrected chi connectivity index (χ4v) is 1.88. The summed E-state index contributed by atoms with van der Waals surface area (Å²) in [7, 11) is 1.32. The third kappa shape index (κ3) is 3.45. The summed E-state index contributed by atoms with van der Waals surface area (Å²) in [5, 5.41) is 2.78. The van der Waals surface area contributed by atoms with E-state index >= 15 is 0 Å². The van der Waals surface area contributed by atoms with Crippen LogP contribution in [0.4, 0.5) is 5.69 Å². The Labute approximate surface area is 117 Å². The number of anilines is 1. The van der Waals surface area contributed by atoms with Crippen LogP contribution in [0.3, 0.4) is 0 Å². The topological polar surface area (TPSA) is 55.4 Å². The molecule has 0 fully saturated rings. The molecule has 1 N–H and O–H groups in total. The molecule has 0 unspecified atom stereocenters. The molecule has 2 aromatic carbocycles. The van der Waals surface area contributed by atoms with Crippen molar-refractivity contribution in [2.45, 2.75) is 6.42 Å². The van der Waals surface area contributed by atoms with Gasteiger partial charge in [0, 0.05) is 5.69 Å². The van der Waals surface area contributed by atoms with Gasteiger partial charge in [0.05, 0.1) is 19.1 Å². The third-order valence-electron chi connectivity index (χ3n) is 2.83. The Morgan fingerprint density at radius 1 is 1.00 bits per heavy atom. The van der Waals surface area contributed by atoms with E-state index in [1.54, 1.807) is 24.3 Å². The van der Waals surface area contributed by atoms with Crippen LogP contribution in [-0.4, -0.2) is 19.0 Å². The Bertz CT molecular complexity index is 608. The highest BCUT2D eigenvalue weighted by atomic mass is 16.5. The van der Waals surface area contributed by atoms with E-state index in [0.717, 1.165) is 5.69 Å². The van der Waals surface area contributed by atoms with Crippen molar-refractivity contribution in [3.63, 3.8) is 0 Å². The van der Waals surface area contributed by atoms with E-state index in [1.165, 1.54) is 7.11 Å². The minimum absolute atomic E-state index is 0.125. The second kappa shape index (κ2) is 6.52. The zero-order valence-corrected chi connectivity index (χ0v) is 11.1. The van der Waals surface area contributed by atoms with Crippen LogP contribution in [0.15, 0.2) is 54.6 Å². The number of rotatable bonds is 4. The van der Waals surface area contributed by atoms with Gasteiger partial charge in [-0.05, 0) is 23.8 Å². The van der Waals surface area contributed by atoms with Gasteiger partial charge >= 0.3 is 5.97 Å². The van der Waals surface area contributed by atoms with Gasteiger partial charge in [0.1, 0.15) is 0 Å². The van der Waals surface area contributed by atoms with Gasteiger partial charge in [0.25, 0.3) is 0 Å². The van der Waals surface area contributed by atoms with Crippen LogP contribution in [0, 0.1) is 0 Å². The SMILES string of the molecule is COC(=O)c1ccccc1CC(=O)Nc1ccccc1. The lowest BCUT2D eigenvalue weighted by Crippen LogP contribution is -2.16. The monoisotopic (exact) mass is 269 g/mol. The molecule has 0 spiro atoms. The largest absolute Gasteiger partial charge is 0.465 e. The van der Waals surface area contributed by atoms with E-state index in [-0.39, 0.29) is 12.3 Å². The highest BCUT2D eigenvalue weighted by molar-refractivity contribution is 5.96. The number of para-hydroxylation sites is 1.